The summed E-state index contributed by atoms with van der Waals surface area (Å²) in [5.74, 6) is 0.904. The Hall–Kier alpha value is -1.02. The predicted molar refractivity (Wildman–Crippen MR) is 50.9 cm³/mol. The first kappa shape index (κ1) is 8.57. The first-order chi connectivity index (χ1) is 6.40. The lowest BCUT2D eigenvalue weighted by Gasteiger charge is -2.09. The molecule has 2 nitrogen and oxygen atoms in total. The Morgan fingerprint density at radius 2 is 2.08 bits per heavy atom. The van der Waals surface area contributed by atoms with Gasteiger partial charge in [0.15, 0.2) is 0 Å². The summed E-state index contributed by atoms with van der Waals surface area (Å²) in [6, 6.07) is 8.12. The molecule has 13 heavy (non-hydrogen) atoms. The van der Waals surface area contributed by atoms with Gasteiger partial charge in [0.25, 0.3) is 0 Å². The van der Waals surface area contributed by atoms with Gasteiger partial charge in [-0.05, 0) is 30.5 Å². The molecule has 0 radical (unpaired) electrons. The van der Waals surface area contributed by atoms with Crippen LogP contribution in [-0.2, 0) is 4.74 Å². The van der Waals surface area contributed by atoms with Crippen LogP contribution in [0.2, 0.25) is 0 Å². The number of ether oxygens (including phenoxy) is 2. The molecular formula is C11H14O2. The Morgan fingerprint density at radius 1 is 1.31 bits per heavy atom. The van der Waals surface area contributed by atoms with Crippen LogP contribution in [0.15, 0.2) is 24.3 Å². The molecule has 1 aliphatic heterocycles. The zero-order valence-corrected chi connectivity index (χ0v) is 7.82. The van der Waals surface area contributed by atoms with Gasteiger partial charge in [0.1, 0.15) is 5.75 Å². The van der Waals surface area contributed by atoms with Gasteiger partial charge in [0.2, 0.25) is 0 Å². The maximum absolute atomic E-state index is 5.57. The SMILES string of the molecule is COc1ccc([C@@H]2CCCO2)cc1. The fourth-order valence-electron chi connectivity index (χ4n) is 1.66. The van der Waals surface area contributed by atoms with Gasteiger partial charge >= 0.3 is 0 Å². The molecule has 1 atom stereocenters. The zero-order chi connectivity index (χ0) is 9.10. The summed E-state index contributed by atoms with van der Waals surface area (Å²) in [5.41, 5.74) is 1.26. The molecule has 2 rings (SSSR count). The molecule has 0 aliphatic carbocycles. The van der Waals surface area contributed by atoms with E-state index in [1.807, 2.05) is 12.1 Å². The van der Waals surface area contributed by atoms with Crippen molar-refractivity contribution in [1.29, 1.82) is 0 Å². The smallest absolute Gasteiger partial charge is 0.118 e. The van der Waals surface area contributed by atoms with Crippen molar-refractivity contribution in [3.05, 3.63) is 29.8 Å². The third-order valence-electron chi connectivity index (χ3n) is 2.42. The minimum absolute atomic E-state index is 0.311. The largest absolute Gasteiger partial charge is 0.497 e. The summed E-state index contributed by atoms with van der Waals surface area (Å²) in [5, 5.41) is 0. The van der Waals surface area contributed by atoms with E-state index in [9.17, 15) is 0 Å². The molecular weight excluding hydrogens is 164 g/mol. The standard InChI is InChI=1S/C11H14O2/c1-12-10-6-4-9(5-7-10)11-3-2-8-13-11/h4-7,11H,2-3,8H2,1H3/t11-/m0/s1. The Bertz CT molecular complexity index is 260. The van der Waals surface area contributed by atoms with Gasteiger partial charge in [-0.15, -0.1) is 0 Å². The van der Waals surface area contributed by atoms with E-state index in [0.29, 0.717) is 6.10 Å². The molecule has 0 aromatic heterocycles. The Morgan fingerprint density at radius 3 is 2.62 bits per heavy atom. The third kappa shape index (κ3) is 1.83. The minimum Gasteiger partial charge on any atom is -0.497 e. The van der Waals surface area contributed by atoms with Crippen LogP contribution in [0.5, 0.6) is 5.75 Å². The molecule has 0 amide bonds. The van der Waals surface area contributed by atoms with Crippen LogP contribution >= 0.6 is 0 Å². The van der Waals surface area contributed by atoms with Crippen LogP contribution in [0.25, 0.3) is 0 Å². The molecule has 1 aromatic rings. The second-order valence-corrected chi connectivity index (χ2v) is 3.27. The molecule has 1 aliphatic rings. The molecule has 1 heterocycles. The van der Waals surface area contributed by atoms with E-state index in [1.165, 1.54) is 12.0 Å². The van der Waals surface area contributed by atoms with Crippen LogP contribution in [0.1, 0.15) is 24.5 Å². The number of hydrogen-bond donors (Lipinski definition) is 0. The van der Waals surface area contributed by atoms with E-state index < -0.39 is 0 Å². The Kier molecular flexibility index (Phi) is 2.50. The second kappa shape index (κ2) is 3.79. The first-order valence-electron chi connectivity index (χ1n) is 4.66. The maximum atomic E-state index is 5.57. The summed E-state index contributed by atoms with van der Waals surface area (Å²) in [6.45, 7) is 0.899. The van der Waals surface area contributed by atoms with Crippen LogP contribution < -0.4 is 4.74 Å². The summed E-state index contributed by atoms with van der Waals surface area (Å²) in [7, 11) is 1.68. The fourth-order valence-corrected chi connectivity index (χ4v) is 1.66. The summed E-state index contributed by atoms with van der Waals surface area (Å²) in [6.07, 6.45) is 2.63. The predicted octanol–water partition coefficient (Wildman–Crippen LogP) is 2.55. The average molecular weight is 178 g/mol. The molecule has 1 aromatic carbocycles. The molecule has 1 saturated heterocycles. The summed E-state index contributed by atoms with van der Waals surface area (Å²) < 4.78 is 10.7. The summed E-state index contributed by atoms with van der Waals surface area (Å²) in [4.78, 5) is 0. The van der Waals surface area contributed by atoms with Gasteiger partial charge in [-0.2, -0.15) is 0 Å². The lowest BCUT2D eigenvalue weighted by atomic mass is 10.1. The molecule has 70 valence electrons. The van der Waals surface area contributed by atoms with Crippen molar-refractivity contribution in [2.24, 2.45) is 0 Å². The Labute approximate surface area is 78.5 Å². The minimum atomic E-state index is 0.311. The maximum Gasteiger partial charge on any atom is 0.118 e. The second-order valence-electron chi connectivity index (χ2n) is 3.27. The van der Waals surface area contributed by atoms with Gasteiger partial charge in [0, 0.05) is 6.61 Å². The lowest BCUT2D eigenvalue weighted by Crippen LogP contribution is -1.95. The lowest BCUT2D eigenvalue weighted by molar-refractivity contribution is 0.112. The monoisotopic (exact) mass is 178 g/mol. The van der Waals surface area contributed by atoms with Crippen LogP contribution in [0.3, 0.4) is 0 Å². The van der Waals surface area contributed by atoms with Crippen molar-refractivity contribution in [3.63, 3.8) is 0 Å². The third-order valence-corrected chi connectivity index (χ3v) is 2.42. The first-order valence-corrected chi connectivity index (χ1v) is 4.66. The fraction of sp³-hybridized carbons (Fsp3) is 0.455. The van der Waals surface area contributed by atoms with E-state index in [4.69, 9.17) is 9.47 Å². The van der Waals surface area contributed by atoms with E-state index in [1.54, 1.807) is 7.11 Å². The van der Waals surface area contributed by atoms with Crippen LogP contribution in [-0.4, -0.2) is 13.7 Å². The molecule has 2 heteroatoms. The van der Waals surface area contributed by atoms with Crippen molar-refractivity contribution in [2.75, 3.05) is 13.7 Å². The van der Waals surface area contributed by atoms with Crippen LogP contribution in [0.4, 0.5) is 0 Å². The topological polar surface area (TPSA) is 18.5 Å². The van der Waals surface area contributed by atoms with Gasteiger partial charge in [-0.25, -0.2) is 0 Å². The molecule has 0 unspecified atom stereocenters. The normalized spacial score (nSPS) is 21.8. The zero-order valence-electron chi connectivity index (χ0n) is 7.82. The van der Waals surface area contributed by atoms with Crippen molar-refractivity contribution >= 4 is 0 Å². The van der Waals surface area contributed by atoms with Gasteiger partial charge in [-0.1, -0.05) is 12.1 Å². The van der Waals surface area contributed by atoms with Gasteiger partial charge in [0.05, 0.1) is 13.2 Å². The van der Waals surface area contributed by atoms with Crippen molar-refractivity contribution in [2.45, 2.75) is 18.9 Å². The highest BCUT2D eigenvalue weighted by atomic mass is 16.5. The van der Waals surface area contributed by atoms with E-state index in [-0.39, 0.29) is 0 Å². The van der Waals surface area contributed by atoms with E-state index in [0.717, 1.165) is 18.8 Å². The molecule has 0 spiro atoms. The van der Waals surface area contributed by atoms with E-state index in [2.05, 4.69) is 12.1 Å². The highest BCUT2D eigenvalue weighted by molar-refractivity contribution is 5.28. The van der Waals surface area contributed by atoms with Crippen LogP contribution in [0, 0.1) is 0 Å². The number of hydrogen-bond acceptors (Lipinski definition) is 2. The molecule has 0 saturated carbocycles. The molecule has 1 fully saturated rings. The quantitative estimate of drug-likeness (QED) is 0.692. The molecule has 0 N–H and O–H groups in total. The highest BCUT2D eigenvalue weighted by Crippen LogP contribution is 2.29. The molecule has 0 bridgehead atoms. The number of rotatable bonds is 2. The van der Waals surface area contributed by atoms with Gasteiger partial charge < -0.3 is 9.47 Å². The number of benzene rings is 1. The van der Waals surface area contributed by atoms with Crippen molar-refractivity contribution in [1.82, 2.24) is 0 Å². The van der Waals surface area contributed by atoms with Gasteiger partial charge in [-0.3, -0.25) is 0 Å². The average Bonchev–Trinajstić information content (AvgIpc) is 2.71. The van der Waals surface area contributed by atoms with Crippen molar-refractivity contribution < 1.29 is 9.47 Å². The highest BCUT2D eigenvalue weighted by Gasteiger charge is 2.16. The van der Waals surface area contributed by atoms with Crippen molar-refractivity contribution in [3.8, 4) is 5.75 Å². The Balaban J connectivity index is 2.12. The van der Waals surface area contributed by atoms with E-state index >= 15 is 0 Å². The summed E-state index contributed by atoms with van der Waals surface area (Å²) >= 11 is 0. The number of methoxy groups -OCH3 is 1.